The smallest absolute Gasteiger partial charge is 0.159 e. The Hall–Kier alpha value is -7.10. The second-order valence-corrected chi connectivity index (χ2v) is 14.2. The number of allylic oxidation sites excluding steroid dienone is 4. The molecular formula is C51H34N2O. The second kappa shape index (κ2) is 12.3. The number of para-hydroxylation sites is 1. The van der Waals surface area contributed by atoms with Crippen LogP contribution in [0.15, 0.2) is 204 Å². The normalized spacial score (nSPS) is 15.3. The molecule has 1 aliphatic carbocycles. The molecule has 7 aromatic carbocycles. The largest absolute Gasteiger partial charge is 0.454 e. The summed E-state index contributed by atoms with van der Waals surface area (Å²) < 4.78 is 9.31. The summed E-state index contributed by atoms with van der Waals surface area (Å²) in [4.78, 5) is 0. The molecule has 0 saturated heterocycles. The molecule has 0 fully saturated rings. The minimum Gasteiger partial charge on any atom is -0.454 e. The molecule has 1 unspecified atom stereocenters. The molecule has 254 valence electrons. The van der Waals surface area contributed by atoms with E-state index < -0.39 is 0 Å². The summed E-state index contributed by atoms with van der Waals surface area (Å²) in [6, 6.07) is 58.9. The summed E-state index contributed by atoms with van der Waals surface area (Å²) in [6.45, 7) is 0. The first-order chi connectivity index (χ1) is 26.8. The van der Waals surface area contributed by atoms with Crippen molar-refractivity contribution < 1.29 is 4.42 Å². The number of hydrogen-bond acceptors (Lipinski definition) is 2. The van der Waals surface area contributed by atoms with Crippen molar-refractivity contribution in [1.82, 2.24) is 9.88 Å². The van der Waals surface area contributed by atoms with Gasteiger partial charge in [-0.25, -0.2) is 0 Å². The third kappa shape index (κ3) is 4.90. The molecule has 1 atom stereocenters. The van der Waals surface area contributed by atoms with Crippen LogP contribution in [0.2, 0.25) is 0 Å². The van der Waals surface area contributed by atoms with Gasteiger partial charge >= 0.3 is 0 Å². The monoisotopic (exact) mass is 690 g/mol. The van der Waals surface area contributed by atoms with Gasteiger partial charge in [-0.1, -0.05) is 146 Å². The predicted octanol–water partition coefficient (Wildman–Crippen LogP) is 12.9. The van der Waals surface area contributed by atoms with Crippen molar-refractivity contribution in [1.29, 1.82) is 0 Å². The highest BCUT2D eigenvalue weighted by molar-refractivity contribution is 6.14. The summed E-state index contributed by atoms with van der Waals surface area (Å²) in [5.41, 5.74) is 15.8. The van der Waals surface area contributed by atoms with Crippen LogP contribution >= 0.6 is 0 Å². The van der Waals surface area contributed by atoms with E-state index in [4.69, 9.17) is 4.42 Å². The summed E-state index contributed by atoms with van der Waals surface area (Å²) >= 11 is 0. The first-order valence-corrected chi connectivity index (χ1v) is 18.5. The number of hydrogen-bond donors (Lipinski definition) is 1. The Morgan fingerprint density at radius 3 is 1.78 bits per heavy atom. The van der Waals surface area contributed by atoms with Crippen LogP contribution < -0.4 is 5.32 Å². The molecule has 9 aromatic rings. The Labute approximate surface area is 313 Å². The number of aromatic nitrogens is 1. The van der Waals surface area contributed by atoms with Gasteiger partial charge in [-0.3, -0.25) is 0 Å². The molecule has 0 bridgehead atoms. The maximum Gasteiger partial charge on any atom is 0.159 e. The third-order valence-electron chi connectivity index (χ3n) is 11.0. The Morgan fingerprint density at radius 2 is 1.11 bits per heavy atom. The van der Waals surface area contributed by atoms with Gasteiger partial charge in [0.15, 0.2) is 5.58 Å². The molecule has 2 aliphatic rings. The van der Waals surface area contributed by atoms with E-state index in [1.165, 1.54) is 49.7 Å². The number of nitrogens with zero attached hydrogens (tertiary/aromatic N) is 1. The van der Waals surface area contributed by atoms with Crippen LogP contribution in [0.3, 0.4) is 0 Å². The van der Waals surface area contributed by atoms with Crippen LogP contribution in [0.25, 0.3) is 83.0 Å². The van der Waals surface area contributed by atoms with Crippen molar-refractivity contribution in [3.05, 3.63) is 211 Å². The van der Waals surface area contributed by atoms with Crippen LogP contribution in [0.5, 0.6) is 0 Å². The molecule has 3 heterocycles. The molecule has 1 N–H and O–H groups in total. The Balaban J connectivity index is 1.09. The lowest BCUT2D eigenvalue weighted by Crippen LogP contribution is -2.31. The lowest BCUT2D eigenvalue weighted by atomic mass is 9.87. The van der Waals surface area contributed by atoms with Gasteiger partial charge in [0.2, 0.25) is 0 Å². The van der Waals surface area contributed by atoms with E-state index >= 15 is 0 Å². The van der Waals surface area contributed by atoms with Gasteiger partial charge in [0.05, 0.1) is 22.8 Å². The van der Waals surface area contributed by atoms with E-state index in [1.54, 1.807) is 0 Å². The maximum atomic E-state index is 6.93. The number of rotatable bonds is 5. The number of furan rings is 1. The average molecular weight is 691 g/mol. The Bertz CT molecular complexity index is 2950. The van der Waals surface area contributed by atoms with Crippen LogP contribution in [0, 0.1) is 0 Å². The van der Waals surface area contributed by atoms with E-state index in [1.807, 2.05) is 0 Å². The van der Waals surface area contributed by atoms with E-state index in [-0.39, 0.29) is 6.04 Å². The minimum atomic E-state index is 0.100. The van der Waals surface area contributed by atoms with Gasteiger partial charge in [-0.2, -0.15) is 0 Å². The van der Waals surface area contributed by atoms with Crippen molar-refractivity contribution >= 4 is 55.0 Å². The highest BCUT2D eigenvalue weighted by Gasteiger charge is 2.24. The molecule has 0 saturated carbocycles. The van der Waals surface area contributed by atoms with Crippen molar-refractivity contribution in [2.45, 2.75) is 6.04 Å². The molecule has 2 aromatic heterocycles. The highest BCUT2D eigenvalue weighted by atomic mass is 16.3. The first-order valence-electron chi connectivity index (χ1n) is 18.5. The maximum absolute atomic E-state index is 6.93. The number of benzene rings is 7. The number of fused-ring (bicyclic) bond motifs is 7. The van der Waals surface area contributed by atoms with Gasteiger partial charge in [-0.15, -0.1) is 0 Å². The van der Waals surface area contributed by atoms with Crippen molar-refractivity contribution in [2.24, 2.45) is 0 Å². The van der Waals surface area contributed by atoms with Gasteiger partial charge in [0.25, 0.3) is 0 Å². The Kier molecular flexibility index (Phi) is 6.93. The van der Waals surface area contributed by atoms with Crippen LogP contribution in [-0.2, 0) is 0 Å². The number of nitrogens with one attached hydrogen (secondary N) is 1. The zero-order valence-corrected chi connectivity index (χ0v) is 29.4. The fourth-order valence-electron chi connectivity index (χ4n) is 8.43. The molecule has 0 radical (unpaired) electrons. The van der Waals surface area contributed by atoms with Crippen molar-refractivity contribution in [3.8, 4) is 27.9 Å². The van der Waals surface area contributed by atoms with E-state index in [9.17, 15) is 0 Å². The molecular weight excluding hydrogens is 657 g/mol. The third-order valence-corrected chi connectivity index (χ3v) is 11.0. The fourth-order valence-corrected chi connectivity index (χ4v) is 8.43. The van der Waals surface area contributed by atoms with Gasteiger partial charge in [0.1, 0.15) is 5.58 Å². The highest BCUT2D eigenvalue weighted by Crippen LogP contribution is 2.41. The van der Waals surface area contributed by atoms with Gasteiger partial charge in [-0.05, 0) is 87.5 Å². The molecule has 3 nitrogen and oxygen atoms in total. The summed E-state index contributed by atoms with van der Waals surface area (Å²) in [6.07, 6.45) is 11.0. The quantitative estimate of drug-likeness (QED) is 0.195. The van der Waals surface area contributed by atoms with E-state index in [0.29, 0.717) is 0 Å². The minimum absolute atomic E-state index is 0.100. The van der Waals surface area contributed by atoms with Crippen molar-refractivity contribution in [2.75, 3.05) is 0 Å². The second-order valence-electron chi connectivity index (χ2n) is 14.2. The van der Waals surface area contributed by atoms with Crippen LogP contribution in [0.4, 0.5) is 0 Å². The van der Waals surface area contributed by atoms with Gasteiger partial charge in [0, 0.05) is 32.8 Å². The standard InChI is InChI=1S/C51H34N2O/c1-4-13-33(14-5-1)36-24-27-47-43(29-36)44-30-37(34-15-6-2-7-16-34)25-28-48(44)53(47)49-22-12-20-41-40-26-23-38(31-50(40)54-51(41)49)46-32-42(35-17-8-3-9-18-35)39-19-10-11-21-45(39)52-46/h1-32,45,52H. The fraction of sp³-hybridized carbons (Fsp3) is 0.0196. The van der Waals surface area contributed by atoms with Crippen molar-refractivity contribution in [3.63, 3.8) is 0 Å². The summed E-state index contributed by atoms with van der Waals surface area (Å²) in [5, 5.41) is 8.42. The Morgan fingerprint density at radius 1 is 0.481 bits per heavy atom. The average Bonchev–Trinajstić information content (AvgIpc) is 3.79. The molecule has 0 amide bonds. The van der Waals surface area contributed by atoms with E-state index in [2.05, 4.69) is 204 Å². The summed E-state index contributed by atoms with van der Waals surface area (Å²) in [5.74, 6) is 0. The molecule has 1 aliphatic heterocycles. The predicted molar refractivity (Wildman–Crippen MR) is 225 cm³/mol. The zero-order valence-electron chi connectivity index (χ0n) is 29.4. The molecule has 0 spiro atoms. The zero-order chi connectivity index (χ0) is 35.6. The van der Waals surface area contributed by atoms with Crippen LogP contribution in [-0.4, -0.2) is 10.6 Å². The summed E-state index contributed by atoms with van der Waals surface area (Å²) in [7, 11) is 0. The topological polar surface area (TPSA) is 30.1 Å². The first kappa shape index (κ1) is 30.5. The van der Waals surface area contributed by atoms with Gasteiger partial charge < -0.3 is 14.3 Å². The van der Waals surface area contributed by atoms with E-state index in [0.717, 1.165) is 49.9 Å². The number of dihydropyridines is 1. The SMILES string of the molecule is C1=CC2=C(c3ccccc3)C=C(c3ccc4c(c3)oc3c(-n5c6ccc(-c7ccccc7)cc6c6cc(-c7ccccc7)ccc65)cccc34)NC2C=C1. The molecule has 54 heavy (non-hydrogen) atoms. The lowest BCUT2D eigenvalue weighted by molar-refractivity contribution is 0.666. The molecule has 11 rings (SSSR count). The lowest BCUT2D eigenvalue weighted by Gasteiger charge is -2.29. The van der Waals surface area contributed by atoms with Crippen LogP contribution in [0.1, 0.15) is 11.1 Å². The molecule has 3 heteroatoms.